The quantitative estimate of drug-likeness (QED) is 0.478. The zero-order chi connectivity index (χ0) is 16.0. The van der Waals surface area contributed by atoms with Crippen LogP contribution < -0.4 is 0 Å². The Morgan fingerprint density at radius 2 is 1.52 bits per heavy atom. The van der Waals surface area contributed by atoms with E-state index in [1.165, 1.54) is 0 Å². The predicted octanol–water partition coefficient (Wildman–Crippen LogP) is 3.36. The average Bonchev–Trinajstić information content (AvgIpc) is 2.36. The Morgan fingerprint density at radius 3 is 1.95 bits per heavy atom. The van der Waals surface area contributed by atoms with Crippen molar-refractivity contribution >= 4 is 25.8 Å². The molecular weight excluding hydrogens is 278 g/mol. The number of nitrogens with zero attached hydrogens (tertiary/aromatic N) is 5. The second kappa shape index (κ2) is 7.26. The molecule has 21 heavy (non-hydrogen) atoms. The standard InChI is InChI=1S/C15H26N5Si/c1-19(2)14(16-13-11-9-8-10-12-13)17-15(20(3)4)18-21(5,6)7/h8-12H,1-7H3/q-1. The third-order valence-electron chi connectivity index (χ3n) is 2.42. The summed E-state index contributed by atoms with van der Waals surface area (Å²) in [7, 11) is 6.19. The number of para-hydroxylation sites is 1. The van der Waals surface area contributed by atoms with Gasteiger partial charge in [-0.05, 0) is 26.2 Å². The SMILES string of the molecule is CN(C)C(=Nc1ccccc1)/N=C(\[N-][Si](C)(C)C)N(C)C. The van der Waals surface area contributed by atoms with E-state index < -0.39 is 8.24 Å². The third-order valence-corrected chi connectivity index (χ3v) is 3.29. The zero-order valence-corrected chi connectivity index (χ0v) is 15.1. The second-order valence-corrected chi connectivity index (χ2v) is 10.8. The van der Waals surface area contributed by atoms with Gasteiger partial charge in [0.25, 0.3) is 0 Å². The average molecular weight is 304 g/mol. The Balaban J connectivity index is 3.14. The summed E-state index contributed by atoms with van der Waals surface area (Å²) in [6, 6.07) is 9.83. The number of rotatable bonds is 2. The Morgan fingerprint density at radius 1 is 0.952 bits per heavy atom. The lowest BCUT2D eigenvalue weighted by atomic mass is 10.3. The molecule has 0 N–H and O–H groups in total. The van der Waals surface area contributed by atoms with Crippen molar-refractivity contribution in [3.8, 4) is 0 Å². The Kier molecular flexibility index (Phi) is 5.96. The molecule has 0 spiro atoms. The van der Waals surface area contributed by atoms with E-state index in [1.54, 1.807) is 0 Å². The van der Waals surface area contributed by atoms with Gasteiger partial charge in [0, 0.05) is 20.1 Å². The maximum absolute atomic E-state index is 4.78. The first-order valence-corrected chi connectivity index (χ1v) is 10.4. The lowest BCUT2D eigenvalue weighted by Crippen LogP contribution is -2.33. The van der Waals surface area contributed by atoms with Crippen LogP contribution in [0.25, 0.3) is 4.98 Å². The van der Waals surface area contributed by atoms with Gasteiger partial charge in [-0.25, -0.2) is 4.99 Å². The van der Waals surface area contributed by atoms with Gasteiger partial charge in [0.15, 0.2) is 5.96 Å². The number of hydrogen-bond acceptors (Lipinski definition) is 1. The summed E-state index contributed by atoms with van der Waals surface area (Å²) in [6.07, 6.45) is 0. The molecule has 0 aliphatic heterocycles. The van der Waals surface area contributed by atoms with Crippen molar-refractivity contribution in [2.45, 2.75) is 19.6 Å². The highest BCUT2D eigenvalue weighted by Gasteiger charge is 2.11. The van der Waals surface area contributed by atoms with E-state index in [9.17, 15) is 0 Å². The molecule has 0 aliphatic carbocycles. The van der Waals surface area contributed by atoms with Crippen LogP contribution in [0.3, 0.4) is 0 Å². The molecule has 0 unspecified atom stereocenters. The van der Waals surface area contributed by atoms with Crippen LogP contribution in [0.5, 0.6) is 0 Å². The van der Waals surface area contributed by atoms with Crippen LogP contribution >= 0.6 is 0 Å². The number of hydrogen-bond donors (Lipinski definition) is 0. The highest BCUT2D eigenvalue weighted by molar-refractivity contribution is 6.84. The predicted molar refractivity (Wildman–Crippen MR) is 95.1 cm³/mol. The summed E-state index contributed by atoms with van der Waals surface area (Å²) in [5.74, 6) is 1.37. The molecule has 0 saturated carbocycles. The number of aliphatic imine (C=N–C) groups is 2. The summed E-state index contributed by atoms with van der Waals surface area (Å²) in [6.45, 7) is 6.57. The first-order valence-electron chi connectivity index (χ1n) is 6.99. The van der Waals surface area contributed by atoms with Crippen LogP contribution in [-0.2, 0) is 0 Å². The van der Waals surface area contributed by atoms with Crippen LogP contribution in [0.4, 0.5) is 5.69 Å². The van der Waals surface area contributed by atoms with Crippen LogP contribution in [0.1, 0.15) is 0 Å². The monoisotopic (exact) mass is 304 g/mol. The molecule has 0 amide bonds. The van der Waals surface area contributed by atoms with E-state index in [4.69, 9.17) is 4.98 Å². The first-order chi connectivity index (χ1) is 9.69. The molecule has 0 aromatic heterocycles. The Hall–Kier alpha value is -1.82. The van der Waals surface area contributed by atoms with Gasteiger partial charge in [-0.1, -0.05) is 37.8 Å². The zero-order valence-electron chi connectivity index (χ0n) is 14.1. The summed E-state index contributed by atoms with van der Waals surface area (Å²) >= 11 is 0. The van der Waals surface area contributed by atoms with Gasteiger partial charge in [0.2, 0.25) is 0 Å². The minimum absolute atomic E-state index is 0.645. The van der Waals surface area contributed by atoms with Gasteiger partial charge in [0.1, 0.15) is 0 Å². The molecule has 0 saturated heterocycles. The molecule has 1 aromatic rings. The van der Waals surface area contributed by atoms with Gasteiger partial charge in [-0.2, -0.15) is 0 Å². The molecule has 5 nitrogen and oxygen atoms in total. The Bertz CT molecular complexity index is 501. The van der Waals surface area contributed by atoms with Gasteiger partial charge >= 0.3 is 0 Å². The lowest BCUT2D eigenvalue weighted by Gasteiger charge is -2.34. The van der Waals surface area contributed by atoms with E-state index in [1.807, 2.05) is 68.3 Å². The van der Waals surface area contributed by atoms with Crippen LogP contribution in [0.15, 0.2) is 40.3 Å². The van der Waals surface area contributed by atoms with Crippen LogP contribution in [0, 0.1) is 0 Å². The van der Waals surface area contributed by atoms with Crippen LogP contribution in [0.2, 0.25) is 19.6 Å². The fraction of sp³-hybridized carbons (Fsp3) is 0.467. The van der Waals surface area contributed by atoms with Crippen molar-refractivity contribution in [2.75, 3.05) is 28.2 Å². The minimum Gasteiger partial charge on any atom is -0.432 e. The molecule has 0 atom stereocenters. The largest absolute Gasteiger partial charge is 0.432 e. The molecule has 0 aliphatic rings. The van der Waals surface area contributed by atoms with Crippen molar-refractivity contribution < 1.29 is 0 Å². The molecule has 116 valence electrons. The van der Waals surface area contributed by atoms with Crippen molar-refractivity contribution in [2.24, 2.45) is 9.98 Å². The van der Waals surface area contributed by atoms with Gasteiger partial charge < -0.3 is 19.8 Å². The van der Waals surface area contributed by atoms with Crippen molar-refractivity contribution in [3.63, 3.8) is 0 Å². The van der Waals surface area contributed by atoms with Crippen molar-refractivity contribution in [3.05, 3.63) is 35.3 Å². The van der Waals surface area contributed by atoms with E-state index in [-0.39, 0.29) is 0 Å². The van der Waals surface area contributed by atoms with Crippen molar-refractivity contribution in [1.29, 1.82) is 0 Å². The third kappa shape index (κ3) is 6.44. The van der Waals surface area contributed by atoms with Gasteiger partial charge in [-0.15, -0.1) is 0 Å². The Labute approximate surface area is 129 Å². The highest BCUT2D eigenvalue weighted by atomic mass is 28.3. The minimum atomic E-state index is -1.60. The number of benzene rings is 1. The van der Waals surface area contributed by atoms with E-state index in [0.29, 0.717) is 5.96 Å². The molecule has 0 radical (unpaired) electrons. The molecule has 1 aromatic carbocycles. The summed E-state index contributed by atoms with van der Waals surface area (Å²) < 4.78 is 0. The second-order valence-electron chi connectivity index (χ2n) is 6.23. The molecule has 6 heteroatoms. The van der Waals surface area contributed by atoms with E-state index in [0.717, 1.165) is 11.6 Å². The summed E-state index contributed by atoms with van der Waals surface area (Å²) in [5.41, 5.74) is 0.885. The first kappa shape index (κ1) is 17.2. The van der Waals surface area contributed by atoms with Crippen LogP contribution in [-0.4, -0.2) is 58.1 Å². The van der Waals surface area contributed by atoms with Gasteiger partial charge in [-0.3, -0.25) is 0 Å². The normalized spacial score (nSPS) is 13.1. The van der Waals surface area contributed by atoms with Gasteiger partial charge in [0.05, 0.1) is 13.9 Å². The smallest absolute Gasteiger partial charge is 0.153 e. The van der Waals surface area contributed by atoms with Crippen molar-refractivity contribution in [1.82, 2.24) is 9.80 Å². The molecule has 1 rings (SSSR count). The highest BCUT2D eigenvalue weighted by Crippen LogP contribution is 2.15. The molecule has 0 fully saturated rings. The number of guanidine groups is 2. The molecule has 0 heterocycles. The topological polar surface area (TPSA) is 45.3 Å². The van der Waals surface area contributed by atoms with E-state index >= 15 is 0 Å². The molecular formula is C15H26N5Si-. The summed E-state index contributed by atoms with van der Waals surface area (Å²) in [4.78, 5) is 17.8. The maximum Gasteiger partial charge on any atom is 0.153 e. The summed E-state index contributed by atoms with van der Waals surface area (Å²) in [5, 5.41) is 0. The molecule has 0 bridgehead atoms. The fourth-order valence-corrected chi connectivity index (χ4v) is 2.31. The fourth-order valence-electron chi connectivity index (χ4n) is 1.46. The lowest BCUT2D eigenvalue weighted by molar-refractivity contribution is 0.601. The maximum atomic E-state index is 4.78. The van der Waals surface area contributed by atoms with E-state index in [2.05, 4.69) is 29.6 Å².